The van der Waals surface area contributed by atoms with Crippen molar-refractivity contribution in [1.82, 2.24) is 10.2 Å². The number of halogens is 2. The molecule has 1 heterocycles. The van der Waals surface area contributed by atoms with Gasteiger partial charge < -0.3 is 10.2 Å². The van der Waals surface area contributed by atoms with E-state index in [1.54, 1.807) is 0 Å². The van der Waals surface area contributed by atoms with E-state index >= 15 is 0 Å². The van der Waals surface area contributed by atoms with E-state index in [1.165, 1.54) is 5.56 Å². The molecule has 112 valence electrons. The van der Waals surface area contributed by atoms with Crippen molar-refractivity contribution >= 4 is 34.2 Å². The van der Waals surface area contributed by atoms with Crippen LogP contribution in [0.1, 0.15) is 24.8 Å². The maximum Gasteiger partial charge on any atom is 0.222 e. The molecule has 3 nitrogen and oxygen atoms in total. The van der Waals surface area contributed by atoms with E-state index in [-0.39, 0.29) is 18.3 Å². The van der Waals surface area contributed by atoms with Crippen molar-refractivity contribution in [2.45, 2.75) is 31.7 Å². The topological polar surface area (TPSA) is 32.3 Å². The summed E-state index contributed by atoms with van der Waals surface area (Å²) in [5.41, 5.74) is 1.21. The first kappa shape index (κ1) is 17.5. The molecule has 5 heteroatoms. The first-order valence-electron chi connectivity index (χ1n) is 6.87. The molecule has 0 aliphatic carbocycles. The van der Waals surface area contributed by atoms with Gasteiger partial charge in [0.25, 0.3) is 0 Å². The van der Waals surface area contributed by atoms with Crippen molar-refractivity contribution in [3.63, 3.8) is 0 Å². The molecule has 1 N–H and O–H groups in total. The summed E-state index contributed by atoms with van der Waals surface area (Å²) in [6.07, 6.45) is 3.54. The molecule has 1 aliphatic heterocycles. The van der Waals surface area contributed by atoms with Crippen molar-refractivity contribution in [2.75, 3.05) is 20.1 Å². The number of hydrogen-bond donors (Lipinski definition) is 1. The molecule has 1 aromatic rings. The number of nitrogens with one attached hydrogen (secondary N) is 1. The van der Waals surface area contributed by atoms with Gasteiger partial charge in [-0.2, -0.15) is 0 Å². The summed E-state index contributed by atoms with van der Waals surface area (Å²) in [7, 11) is 1.94. The molecule has 0 unspecified atom stereocenters. The predicted octanol–water partition coefficient (Wildman–Crippen LogP) is 3.01. The molecule has 2 rings (SSSR count). The van der Waals surface area contributed by atoms with Crippen LogP contribution < -0.4 is 5.32 Å². The molecule has 0 atom stereocenters. The highest BCUT2D eigenvalue weighted by Crippen LogP contribution is 2.15. The summed E-state index contributed by atoms with van der Waals surface area (Å²) in [5, 5.41) is 3.33. The van der Waals surface area contributed by atoms with Crippen LogP contribution in [0.5, 0.6) is 0 Å². The second-order valence-corrected chi connectivity index (χ2v) is 6.03. The van der Waals surface area contributed by atoms with Gasteiger partial charge in [-0.3, -0.25) is 4.79 Å². The average Bonchev–Trinajstić information content (AvgIpc) is 2.45. The van der Waals surface area contributed by atoms with Gasteiger partial charge in [0.1, 0.15) is 0 Å². The number of carbonyl (C=O) groups is 1. The fraction of sp³-hybridized carbons (Fsp3) is 0.533. The first-order chi connectivity index (χ1) is 9.16. The lowest BCUT2D eigenvalue weighted by atomic mass is 10.0. The van der Waals surface area contributed by atoms with Crippen LogP contribution in [0.3, 0.4) is 0 Å². The Balaban J connectivity index is 0.00000200. The molecular weight excluding hydrogens is 340 g/mol. The smallest absolute Gasteiger partial charge is 0.222 e. The van der Waals surface area contributed by atoms with Gasteiger partial charge in [-0.1, -0.05) is 28.1 Å². The Morgan fingerprint density at radius 3 is 2.75 bits per heavy atom. The summed E-state index contributed by atoms with van der Waals surface area (Å²) in [6.45, 7) is 2.04. The maximum atomic E-state index is 12.2. The standard InChI is InChI=1S/C15H21BrN2O.ClH/c1-18(14-7-9-17-10-8-14)15(19)6-5-12-3-2-4-13(16)11-12;/h2-4,11,14,17H,5-10H2,1H3;1H. The third-order valence-electron chi connectivity index (χ3n) is 3.77. The van der Waals surface area contributed by atoms with Crippen molar-refractivity contribution in [2.24, 2.45) is 0 Å². The lowest BCUT2D eigenvalue weighted by Crippen LogP contribution is -2.44. The van der Waals surface area contributed by atoms with Crippen LogP contribution in [0, 0.1) is 0 Å². The molecule has 1 aliphatic rings. The lowest BCUT2D eigenvalue weighted by molar-refractivity contribution is -0.132. The molecule has 1 amide bonds. The third-order valence-corrected chi connectivity index (χ3v) is 4.26. The van der Waals surface area contributed by atoms with Crippen LogP contribution in [0.15, 0.2) is 28.7 Å². The number of benzene rings is 1. The molecule has 1 saturated heterocycles. The van der Waals surface area contributed by atoms with Crippen LogP contribution in [0.25, 0.3) is 0 Å². The van der Waals surface area contributed by atoms with Crippen molar-refractivity contribution < 1.29 is 4.79 Å². The Kier molecular flexibility index (Phi) is 7.56. The monoisotopic (exact) mass is 360 g/mol. The summed E-state index contributed by atoms with van der Waals surface area (Å²) in [4.78, 5) is 14.1. The molecular formula is C15H22BrClN2O. The van der Waals surface area contributed by atoms with E-state index in [9.17, 15) is 4.79 Å². The van der Waals surface area contributed by atoms with E-state index in [0.29, 0.717) is 12.5 Å². The highest BCUT2D eigenvalue weighted by molar-refractivity contribution is 9.10. The molecule has 1 fully saturated rings. The van der Waals surface area contributed by atoms with Gasteiger partial charge in [-0.15, -0.1) is 12.4 Å². The van der Waals surface area contributed by atoms with E-state index in [0.717, 1.165) is 36.8 Å². The zero-order valence-electron chi connectivity index (χ0n) is 11.8. The number of amides is 1. The minimum Gasteiger partial charge on any atom is -0.343 e. The zero-order chi connectivity index (χ0) is 13.7. The highest BCUT2D eigenvalue weighted by atomic mass is 79.9. The van der Waals surface area contributed by atoms with Crippen LogP contribution >= 0.6 is 28.3 Å². The number of carbonyl (C=O) groups excluding carboxylic acids is 1. The minimum atomic E-state index is 0. The van der Waals surface area contributed by atoms with E-state index in [4.69, 9.17) is 0 Å². The predicted molar refractivity (Wildman–Crippen MR) is 88.4 cm³/mol. The molecule has 0 aromatic heterocycles. The van der Waals surface area contributed by atoms with Gasteiger partial charge in [-0.05, 0) is 50.0 Å². The molecule has 0 bridgehead atoms. The third kappa shape index (κ3) is 5.08. The van der Waals surface area contributed by atoms with Gasteiger partial charge in [0, 0.05) is 24.0 Å². The molecule has 1 aromatic carbocycles. The Morgan fingerprint density at radius 1 is 1.40 bits per heavy atom. The molecule has 20 heavy (non-hydrogen) atoms. The summed E-state index contributed by atoms with van der Waals surface area (Å²) in [6, 6.07) is 8.59. The van der Waals surface area contributed by atoms with E-state index in [1.807, 2.05) is 24.1 Å². The first-order valence-corrected chi connectivity index (χ1v) is 7.67. The Hall–Kier alpha value is -0.580. The van der Waals surface area contributed by atoms with Crippen molar-refractivity contribution in [3.05, 3.63) is 34.3 Å². The van der Waals surface area contributed by atoms with Gasteiger partial charge in [0.2, 0.25) is 5.91 Å². The van der Waals surface area contributed by atoms with Crippen LogP contribution in [0.4, 0.5) is 0 Å². The van der Waals surface area contributed by atoms with Gasteiger partial charge >= 0.3 is 0 Å². The van der Waals surface area contributed by atoms with Crippen LogP contribution in [0.2, 0.25) is 0 Å². The summed E-state index contributed by atoms with van der Waals surface area (Å²) < 4.78 is 1.07. The van der Waals surface area contributed by atoms with Crippen molar-refractivity contribution in [3.8, 4) is 0 Å². The molecule has 0 radical (unpaired) electrons. The molecule has 0 saturated carbocycles. The normalized spacial score (nSPS) is 15.5. The number of nitrogens with zero attached hydrogens (tertiary/aromatic N) is 1. The van der Waals surface area contributed by atoms with Gasteiger partial charge in [0.15, 0.2) is 0 Å². The van der Waals surface area contributed by atoms with Gasteiger partial charge in [0.05, 0.1) is 0 Å². The fourth-order valence-electron chi connectivity index (χ4n) is 2.52. The number of hydrogen-bond acceptors (Lipinski definition) is 2. The maximum absolute atomic E-state index is 12.2. The lowest BCUT2D eigenvalue weighted by Gasteiger charge is -2.31. The van der Waals surface area contributed by atoms with E-state index in [2.05, 4.69) is 33.4 Å². The van der Waals surface area contributed by atoms with E-state index < -0.39 is 0 Å². The second kappa shape index (κ2) is 8.65. The van der Waals surface area contributed by atoms with Crippen LogP contribution in [-0.2, 0) is 11.2 Å². The average molecular weight is 362 g/mol. The largest absolute Gasteiger partial charge is 0.343 e. The number of piperidine rings is 1. The minimum absolute atomic E-state index is 0. The summed E-state index contributed by atoms with van der Waals surface area (Å²) >= 11 is 3.46. The summed E-state index contributed by atoms with van der Waals surface area (Å²) in [5.74, 6) is 0.256. The Bertz CT molecular complexity index is 436. The Labute approximate surface area is 135 Å². The van der Waals surface area contributed by atoms with Crippen molar-refractivity contribution in [1.29, 1.82) is 0 Å². The van der Waals surface area contributed by atoms with Gasteiger partial charge in [-0.25, -0.2) is 0 Å². The van der Waals surface area contributed by atoms with Crippen LogP contribution in [-0.4, -0.2) is 37.0 Å². The number of aryl methyl sites for hydroxylation is 1. The number of rotatable bonds is 4. The SMILES string of the molecule is CN(C(=O)CCc1cccc(Br)c1)C1CCNCC1.Cl. The molecule has 0 spiro atoms. The second-order valence-electron chi connectivity index (χ2n) is 5.12. The zero-order valence-corrected chi connectivity index (χ0v) is 14.2. The fourth-order valence-corrected chi connectivity index (χ4v) is 2.96. The highest BCUT2D eigenvalue weighted by Gasteiger charge is 2.21. The Morgan fingerprint density at radius 2 is 2.10 bits per heavy atom. The quantitative estimate of drug-likeness (QED) is 0.894.